The number of halogens is 1. The molecule has 3 heterocycles. The lowest BCUT2D eigenvalue weighted by molar-refractivity contribution is 0.622. The van der Waals surface area contributed by atoms with E-state index in [1.54, 1.807) is 24.5 Å². The summed E-state index contributed by atoms with van der Waals surface area (Å²) in [5, 5.41) is 9.51. The van der Waals surface area contributed by atoms with Crippen molar-refractivity contribution in [3.05, 3.63) is 54.4 Å². The largest absolute Gasteiger partial charge is 0.261 e. The van der Waals surface area contributed by atoms with Gasteiger partial charge in [-0.05, 0) is 18.2 Å². The summed E-state index contributed by atoms with van der Waals surface area (Å²) < 4.78 is 13.1. The molecule has 0 amide bonds. The van der Waals surface area contributed by atoms with Crippen molar-refractivity contribution in [3.8, 4) is 27.2 Å². The molecule has 0 aromatic carbocycles. The molecule has 0 aliphatic heterocycles. The highest BCUT2D eigenvalue weighted by atomic mass is 32.1. The van der Waals surface area contributed by atoms with Crippen molar-refractivity contribution < 1.29 is 4.39 Å². The van der Waals surface area contributed by atoms with Crippen LogP contribution in [0.5, 0.6) is 0 Å². The average Bonchev–Trinajstić information content (AvgIpc) is 2.97. The van der Waals surface area contributed by atoms with Crippen molar-refractivity contribution in [3.63, 3.8) is 0 Å². The highest BCUT2D eigenvalue weighted by Gasteiger charge is 2.09. The summed E-state index contributed by atoms with van der Waals surface area (Å²) in [6.45, 7) is 0. The second kappa shape index (κ2) is 5.15. The zero-order chi connectivity index (χ0) is 13.9. The minimum absolute atomic E-state index is 0.352. The molecule has 3 aromatic heterocycles. The van der Waals surface area contributed by atoms with Gasteiger partial charge >= 0.3 is 0 Å². The topological polar surface area (TPSA) is 62.5 Å². The third-order valence-electron chi connectivity index (χ3n) is 2.57. The fourth-order valence-electron chi connectivity index (χ4n) is 1.69. The number of hydrogen-bond acceptors (Lipinski definition) is 5. The summed E-state index contributed by atoms with van der Waals surface area (Å²) >= 11 is 1.38. The van der Waals surface area contributed by atoms with E-state index in [9.17, 15) is 4.39 Å². The second-order valence-corrected chi connectivity index (χ2v) is 4.97. The van der Waals surface area contributed by atoms with E-state index in [4.69, 9.17) is 5.26 Å². The molecule has 6 heteroatoms. The van der Waals surface area contributed by atoms with Crippen LogP contribution >= 0.6 is 11.3 Å². The van der Waals surface area contributed by atoms with E-state index in [2.05, 4.69) is 15.0 Å². The second-order valence-electron chi connectivity index (χ2n) is 3.94. The van der Waals surface area contributed by atoms with E-state index in [0.29, 0.717) is 22.0 Å². The molecule has 3 rings (SSSR count). The maximum absolute atomic E-state index is 13.1. The average molecular weight is 282 g/mol. The van der Waals surface area contributed by atoms with Crippen LogP contribution in [0.15, 0.2) is 42.9 Å². The molecule has 0 bridgehead atoms. The maximum Gasteiger partial charge on any atom is 0.142 e. The molecule has 4 nitrogen and oxygen atoms in total. The van der Waals surface area contributed by atoms with Gasteiger partial charge in [0.1, 0.15) is 22.6 Å². The van der Waals surface area contributed by atoms with Crippen LogP contribution in [0.1, 0.15) is 5.69 Å². The summed E-state index contributed by atoms with van der Waals surface area (Å²) in [6, 6.07) is 8.60. The third kappa shape index (κ3) is 2.39. The first-order chi connectivity index (χ1) is 9.76. The molecular weight excluding hydrogens is 275 g/mol. The van der Waals surface area contributed by atoms with E-state index in [0.717, 1.165) is 11.1 Å². The van der Waals surface area contributed by atoms with E-state index >= 15 is 0 Å². The minimum atomic E-state index is -0.399. The molecule has 0 unspecified atom stereocenters. The van der Waals surface area contributed by atoms with Gasteiger partial charge in [0, 0.05) is 18.0 Å². The fourth-order valence-corrected chi connectivity index (χ4v) is 2.56. The third-order valence-corrected chi connectivity index (χ3v) is 3.64. The first-order valence-corrected chi connectivity index (χ1v) is 6.52. The minimum Gasteiger partial charge on any atom is -0.261 e. The van der Waals surface area contributed by atoms with Crippen molar-refractivity contribution in [2.75, 3.05) is 0 Å². The summed E-state index contributed by atoms with van der Waals surface area (Å²) in [5.41, 5.74) is 1.65. The Balaban J connectivity index is 2.00. The van der Waals surface area contributed by atoms with Crippen molar-refractivity contribution in [1.82, 2.24) is 15.0 Å². The van der Waals surface area contributed by atoms with Crippen molar-refractivity contribution in [2.45, 2.75) is 0 Å². The molecule has 96 valence electrons. The van der Waals surface area contributed by atoms with Crippen LogP contribution in [-0.4, -0.2) is 15.0 Å². The summed E-state index contributed by atoms with van der Waals surface area (Å²) in [5.74, 6) is -0.399. The van der Waals surface area contributed by atoms with Gasteiger partial charge in [-0.1, -0.05) is 6.07 Å². The van der Waals surface area contributed by atoms with E-state index in [-0.39, 0.29) is 0 Å². The highest BCUT2D eigenvalue weighted by molar-refractivity contribution is 7.18. The number of thiazole rings is 1. The number of nitriles is 1. The van der Waals surface area contributed by atoms with Crippen LogP contribution in [0.25, 0.3) is 21.1 Å². The Morgan fingerprint density at radius 2 is 2.10 bits per heavy atom. The number of nitrogens with zero attached hydrogens (tertiary/aromatic N) is 4. The zero-order valence-electron chi connectivity index (χ0n) is 10.1. The van der Waals surface area contributed by atoms with Gasteiger partial charge in [0.25, 0.3) is 0 Å². The van der Waals surface area contributed by atoms with Crippen LogP contribution in [0.3, 0.4) is 0 Å². The van der Waals surface area contributed by atoms with Crippen molar-refractivity contribution >= 4 is 11.3 Å². The smallest absolute Gasteiger partial charge is 0.142 e. The van der Waals surface area contributed by atoms with Crippen LogP contribution in [0.4, 0.5) is 4.39 Å². The Morgan fingerprint density at radius 1 is 1.20 bits per heavy atom. The molecule has 0 saturated carbocycles. The molecule has 3 aromatic rings. The van der Waals surface area contributed by atoms with Gasteiger partial charge in [0.15, 0.2) is 0 Å². The Bertz CT molecular complexity index is 807. The molecular formula is C14H7FN4S. The summed E-state index contributed by atoms with van der Waals surface area (Å²) in [4.78, 5) is 13.1. The number of aromatic nitrogens is 3. The monoisotopic (exact) mass is 282 g/mol. The first-order valence-electron chi connectivity index (χ1n) is 5.70. The van der Waals surface area contributed by atoms with Gasteiger partial charge in [0.2, 0.25) is 0 Å². The van der Waals surface area contributed by atoms with Crippen molar-refractivity contribution in [1.29, 1.82) is 5.26 Å². The predicted octanol–water partition coefficient (Wildman–Crippen LogP) is 3.28. The van der Waals surface area contributed by atoms with Crippen LogP contribution < -0.4 is 0 Å². The van der Waals surface area contributed by atoms with Crippen LogP contribution in [0, 0.1) is 17.1 Å². The molecule has 0 saturated heterocycles. The summed E-state index contributed by atoms with van der Waals surface area (Å²) in [6.07, 6.45) is 4.37. The first kappa shape index (κ1) is 12.4. The lowest BCUT2D eigenvalue weighted by Gasteiger charge is -1.96. The van der Waals surface area contributed by atoms with Crippen LogP contribution in [0.2, 0.25) is 0 Å². The van der Waals surface area contributed by atoms with E-state index in [1.807, 2.05) is 12.1 Å². The molecule has 0 fully saturated rings. The van der Waals surface area contributed by atoms with Gasteiger partial charge in [-0.15, -0.1) is 11.3 Å². The Labute approximate surface area is 118 Å². The van der Waals surface area contributed by atoms with E-state index in [1.165, 1.54) is 17.4 Å². The SMILES string of the molecule is N#Cc1cccc(-c2cnc(-c3cncc(F)c3)s2)n1. The quantitative estimate of drug-likeness (QED) is 0.723. The standard InChI is InChI=1S/C14H7FN4S/c15-10-4-9(6-17-7-10)14-18-8-13(20-14)12-3-1-2-11(5-16)19-12/h1-4,6-8H. The van der Waals surface area contributed by atoms with Crippen molar-refractivity contribution in [2.24, 2.45) is 0 Å². The van der Waals surface area contributed by atoms with Gasteiger partial charge in [0.05, 0.1) is 16.8 Å². The number of hydrogen-bond donors (Lipinski definition) is 0. The molecule has 20 heavy (non-hydrogen) atoms. The Kier molecular flexibility index (Phi) is 3.19. The maximum atomic E-state index is 13.1. The molecule has 0 N–H and O–H groups in total. The number of pyridine rings is 2. The van der Waals surface area contributed by atoms with Gasteiger partial charge < -0.3 is 0 Å². The van der Waals surface area contributed by atoms with Gasteiger partial charge in [-0.3, -0.25) is 4.98 Å². The predicted molar refractivity (Wildman–Crippen MR) is 73.2 cm³/mol. The highest BCUT2D eigenvalue weighted by Crippen LogP contribution is 2.30. The lowest BCUT2D eigenvalue weighted by atomic mass is 10.3. The Morgan fingerprint density at radius 3 is 2.90 bits per heavy atom. The Hall–Kier alpha value is -2.65. The molecule has 0 aliphatic rings. The molecule has 0 radical (unpaired) electrons. The fraction of sp³-hybridized carbons (Fsp3) is 0. The molecule has 0 atom stereocenters. The summed E-state index contributed by atoms with van der Waals surface area (Å²) in [7, 11) is 0. The van der Waals surface area contributed by atoms with Gasteiger partial charge in [-0.2, -0.15) is 5.26 Å². The van der Waals surface area contributed by atoms with Crippen LogP contribution in [-0.2, 0) is 0 Å². The zero-order valence-corrected chi connectivity index (χ0v) is 10.9. The molecule has 0 spiro atoms. The normalized spacial score (nSPS) is 10.2. The van der Waals surface area contributed by atoms with Gasteiger partial charge in [-0.25, -0.2) is 14.4 Å². The lowest BCUT2D eigenvalue weighted by Crippen LogP contribution is -1.84. The number of rotatable bonds is 2. The van der Waals surface area contributed by atoms with E-state index < -0.39 is 5.82 Å². The molecule has 0 aliphatic carbocycles.